The lowest BCUT2D eigenvalue weighted by Crippen LogP contribution is -2.35. The van der Waals surface area contributed by atoms with Crippen LogP contribution in [0.2, 0.25) is 0 Å². The summed E-state index contributed by atoms with van der Waals surface area (Å²) in [6.45, 7) is 3.34. The second-order valence-corrected chi connectivity index (χ2v) is 6.55. The van der Waals surface area contributed by atoms with Gasteiger partial charge in [0.25, 0.3) is 11.8 Å². The fourth-order valence-electron chi connectivity index (χ4n) is 2.86. The number of nitrogens with two attached hydrogens (primary N) is 2. The third-order valence-electron chi connectivity index (χ3n) is 3.92. The number of fused-ring (bicyclic) bond motifs is 1. The monoisotopic (exact) mass is 318 g/mol. The van der Waals surface area contributed by atoms with Crippen LogP contribution in [0.4, 0.5) is 5.69 Å². The topological polar surface area (TPSA) is 102 Å². The third kappa shape index (κ3) is 2.41. The number of thiophene rings is 1. The van der Waals surface area contributed by atoms with Crippen molar-refractivity contribution in [1.29, 1.82) is 0 Å². The highest BCUT2D eigenvalue weighted by atomic mass is 32.1. The molecule has 0 atom stereocenters. The lowest BCUT2D eigenvalue weighted by molar-refractivity contribution is 0.0726. The lowest BCUT2D eigenvalue weighted by Gasteiger charge is -2.27. The zero-order valence-electron chi connectivity index (χ0n) is 12.4. The second-order valence-electron chi connectivity index (χ2n) is 5.55. The summed E-state index contributed by atoms with van der Waals surface area (Å²) < 4.78 is 0. The van der Waals surface area contributed by atoms with Gasteiger partial charge in [-0.3, -0.25) is 9.59 Å². The molecule has 1 aliphatic heterocycles. The van der Waals surface area contributed by atoms with Gasteiger partial charge in [-0.2, -0.15) is 0 Å². The fraction of sp³-hybridized carbons (Fsp3) is 0.400. The summed E-state index contributed by atoms with van der Waals surface area (Å²) in [7, 11) is 0. The van der Waals surface area contributed by atoms with E-state index in [4.69, 9.17) is 11.5 Å². The van der Waals surface area contributed by atoms with E-state index in [1.807, 2.05) is 11.8 Å². The number of amides is 2. The Morgan fingerprint density at radius 3 is 2.59 bits per heavy atom. The Balaban J connectivity index is 2.15. The smallest absolute Gasteiger partial charge is 0.260 e. The summed E-state index contributed by atoms with van der Waals surface area (Å²) in [6.07, 6.45) is 3.19. The van der Waals surface area contributed by atoms with Gasteiger partial charge in [0.2, 0.25) is 0 Å². The van der Waals surface area contributed by atoms with E-state index in [0.717, 1.165) is 49.4 Å². The van der Waals surface area contributed by atoms with Gasteiger partial charge < -0.3 is 16.4 Å². The van der Waals surface area contributed by atoms with Crippen molar-refractivity contribution in [3.8, 4) is 0 Å². The summed E-state index contributed by atoms with van der Waals surface area (Å²) >= 11 is 1.14. The number of anilines is 1. The molecular weight excluding hydrogens is 300 g/mol. The largest absolute Gasteiger partial charge is 0.397 e. The number of hydrogen-bond acceptors (Lipinski definition) is 5. The molecule has 22 heavy (non-hydrogen) atoms. The number of rotatable bonds is 2. The number of hydrogen-bond donors (Lipinski definition) is 2. The maximum Gasteiger partial charge on any atom is 0.260 e. The van der Waals surface area contributed by atoms with Gasteiger partial charge in [-0.15, -0.1) is 11.3 Å². The average molecular weight is 318 g/mol. The molecule has 2 aromatic heterocycles. The average Bonchev–Trinajstić information content (AvgIpc) is 2.83. The summed E-state index contributed by atoms with van der Waals surface area (Å²) in [5.41, 5.74) is 12.9. The number of pyridine rings is 1. The Hall–Kier alpha value is -2.15. The number of nitrogen functional groups attached to an aromatic ring is 1. The highest BCUT2D eigenvalue weighted by Crippen LogP contribution is 2.35. The van der Waals surface area contributed by atoms with E-state index in [1.54, 1.807) is 6.07 Å². The zero-order valence-corrected chi connectivity index (χ0v) is 13.2. The second kappa shape index (κ2) is 5.57. The molecule has 0 spiro atoms. The van der Waals surface area contributed by atoms with Gasteiger partial charge in [0.05, 0.1) is 11.3 Å². The Labute approximate surface area is 132 Å². The van der Waals surface area contributed by atoms with Crippen molar-refractivity contribution >= 4 is 39.1 Å². The van der Waals surface area contributed by atoms with E-state index in [1.165, 1.54) is 0 Å². The minimum absolute atomic E-state index is 0.0456. The van der Waals surface area contributed by atoms with E-state index in [2.05, 4.69) is 4.98 Å². The molecule has 3 rings (SSSR count). The van der Waals surface area contributed by atoms with Crippen molar-refractivity contribution in [1.82, 2.24) is 9.88 Å². The van der Waals surface area contributed by atoms with E-state index in [-0.39, 0.29) is 16.5 Å². The van der Waals surface area contributed by atoms with Crippen LogP contribution in [-0.2, 0) is 0 Å². The molecule has 0 aliphatic carbocycles. The van der Waals surface area contributed by atoms with Gasteiger partial charge in [-0.1, -0.05) is 0 Å². The van der Waals surface area contributed by atoms with Gasteiger partial charge in [0, 0.05) is 24.2 Å². The highest BCUT2D eigenvalue weighted by molar-refractivity contribution is 7.21. The number of carbonyl (C=O) groups is 2. The Bertz CT molecular complexity index is 762. The van der Waals surface area contributed by atoms with Crippen LogP contribution in [0.25, 0.3) is 10.2 Å². The Kier molecular flexibility index (Phi) is 3.74. The number of aromatic nitrogens is 1. The molecule has 1 aliphatic rings. The van der Waals surface area contributed by atoms with Crippen LogP contribution in [-0.4, -0.2) is 34.8 Å². The van der Waals surface area contributed by atoms with Crippen LogP contribution in [0.1, 0.15) is 45.0 Å². The van der Waals surface area contributed by atoms with Crippen molar-refractivity contribution in [3.63, 3.8) is 0 Å². The summed E-state index contributed by atoms with van der Waals surface area (Å²) in [4.78, 5) is 31.4. The van der Waals surface area contributed by atoms with Gasteiger partial charge >= 0.3 is 0 Å². The third-order valence-corrected chi connectivity index (χ3v) is 5.04. The predicted octanol–water partition coefficient (Wildman–Crippen LogP) is 1.91. The molecule has 2 amide bonds. The minimum atomic E-state index is -0.588. The van der Waals surface area contributed by atoms with E-state index in [0.29, 0.717) is 15.8 Å². The molecule has 4 N–H and O–H groups in total. The first-order valence-electron chi connectivity index (χ1n) is 7.27. The molecule has 0 radical (unpaired) electrons. The molecule has 6 nitrogen and oxygen atoms in total. The zero-order chi connectivity index (χ0) is 15.9. The molecule has 2 aromatic rings. The number of aryl methyl sites for hydroxylation is 1. The molecule has 0 bridgehead atoms. The van der Waals surface area contributed by atoms with Gasteiger partial charge in [-0.25, -0.2) is 4.98 Å². The summed E-state index contributed by atoms with van der Waals surface area (Å²) in [5.74, 6) is -0.634. The number of primary amides is 1. The first-order chi connectivity index (χ1) is 10.5. The molecule has 3 heterocycles. The maximum absolute atomic E-state index is 12.8. The van der Waals surface area contributed by atoms with E-state index < -0.39 is 5.91 Å². The first kappa shape index (κ1) is 14.8. The van der Waals surface area contributed by atoms with Gasteiger partial charge in [0.1, 0.15) is 9.71 Å². The molecular formula is C15H18N4O2S. The standard InChI is InChI=1S/C15H18N4O2S/c1-8-7-9(15(21)19-5-3-2-4-6-19)10-11(16)12(13(17)20)22-14(10)18-8/h7H,2-6,16H2,1H3,(H2,17,20). The molecule has 1 saturated heterocycles. The number of likely N-dealkylation sites (tertiary alicyclic amines) is 1. The van der Waals surface area contributed by atoms with Crippen molar-refractivity contribution in [2.75, 3.05) is 18.8 Å². The maximum atomic E-state index is 12.8. The van der Waals surface area contributed by atoms with Gasteiger partial charge in [0.15, 0.2) is 0 Å². The molecule has 1 fully saturated rings. The Morgan fingerprint density at radius 1 is 1.27 bits per heavy atom. The Morgan fingerprint density at radius 2 is 1.95 bits per heavy atom. The van der Waals surface area contributed by atoms with Crippen molar-refractivity contribution < 1.29 is 9.59 Å². The molecule has 0 saturated carbocycles. The van der Waals surface area contributed by atoms with Crippen LogP contribution in [0.3, 0.4) is 0 Å². The van der Waals surface area contributed by atoms with Crippen LogP contribution < -0.4 is 11.5 Å². The fourth-order valence-corrected chi connectivity index (χ4v) is 3.88. The first-order valence-corrected chi connectivity index (χ1v) is 8.09. The number of nitrogens with zero attached hydrogens (tertiary/aromatic N) is 2. The van der Waals surface area contributed by atoms with Crippen LogP contribution in [0, 0.1) is 6.92 Å². The van der Waals surface area contributed by atoms with Crippen LogP contribution >= 0.6 is 11.3 Å². The van der Waals surface area contributed by atoms with Crippen LogP contribution in [0.5, 0.6) is 0 Å². The van der Waals surface area contributed by atoms with Crippen LogP contribution in [0.15, 0.2) is 6.07 Å². The number of piperidine rings is 1. The predicted molar refractivity (Wildman–Crippen MR) is 87.0 cm³/mol. The SMILES string of the molecule is Cc1cc(C(=O)N2CCCCC2)c2c(N)c(C(N)=O)sc2n1. The molecule has 7 heteroatoms. The molecule has 0 unspecified atom stereocenters. The molecule has 0 aromatic carbocycles. The quantitative estimate of drug-likeness (QED) is 0.883. The van der Waals surface area contributed by atoms with Crippen molar-refractivity contribution in [2.45, 2.75) is 26.2 Å². The normalized spacial score (nSPS) is 15.2. The van der Waals surface area contributed by atoms with Crippen molar-refractivity contribution in [3.05, 3.63) is 22.2 Å². The van der Waals surface area contributed by atoms with E-state index in [9.17, 15) is 9.59 Å². The summed E-state index contributed by atoms with van der Waals surface area (Å²) in [5, 5.41) is 0.556. The van der Waals surface area contributed by atoms with Crippen molar-refractivity contribution in [2.24, 2.45) is 5.73 Å². The minimum Gasteiger partial charge on any atom is -0.397 e. The molecule has 116 valence electrons. The lowest BCUT2D eigenvalue weighted by atomic mass is 10.1. The highest BCUT2D eigenvalue weighted by Gasteiger charge is 2.25. The van der Waals surface area contributed by atoms with E-state index >= 15 is 0 Å². The summed E-state index contributed by atoms with van der Waals surface area (Å²) in [6, 6.07) is 1.74. The number of carbonyl (C=O) groups excluding carboxylic acids is 2. The van der Waals surface area contributed by atoms with Gasteiger partial charge in [-0.05, 0) is 32.3 Å².